The van der Waals surface area contributed by atoms with Gasteiger partial charge in [0.1, 0.15) is 10.6 Å². The fourth-order valence-corrected chi connectivity index (χ4v) is 3.58. The van der Waals surface area contributed by atoms with Gasteiger partial charge in [0.15, 0.2) is 11.5 Å². The van der Waals surface area contributed by atoms with Crippen LogP contribution in [-0.4, -0.2) is 34.8 Å². The normalized spacial score (nSPS) is 11.2. The molecule has 0 saturated carbocycles. The molecule has 3 aromatic rings. The van der Waals surface area contributed by atoms with Gasteiger partial charge < -0.3 is 13.7 Å². The van der Waals surface area contributed by atoms with Crippen LogP contribution in [0, 0.1) is 0 Å². The second-order valence-electron chi connectivity index (χ2n) is 6.16. The maximum atomic E-state index is 12.6. The van der Waals surface area contributed by atoms with Gasteiger partial charge in [-0.2, -0.15) is 13.5 Å². The van der Waals surface area contributed by atoms with Gasteiger partial charge in [-0.15, -0.1) is 0 Å². The van der Waals surface area contributed by atoms with E-state index in [0.29, 0.717) is 16.9 Å². The summed E-state index contributed by atoms with van der Waals surface area (Å²) in [5, 5.41) is 3.91. The van der Waals surface area contributed by atoms with E-state index in [9.17, 15) is 13.2 Å². The molecule has 0 aliphatic heterocycles. The first-order valence-electron chi connectivity index (χ1n) is 9.08. The molecule has 0 radical (unpaired) electrons. The van der Waals surface area contributed by atoms with Crippen LogP contribution in [0.25, 0.3) is 0 Å². The molecule has 160 valence electrons. The number of carbonyl (C=O) groups is 1. The van der Waals surface area contributed by atoms with Crippen LogP contribution >= 0.6 is 0 Å². The van der Waals surface area contributed by atoms with E-state index in [-0.39, 0.29) is 16.4 Å². The molecular formula is C22H20N2O6S. The van der Waals surface area contributed by atoms with Crippen molar-refractivity contribution in [1.82, 2.24) is 5.43 Å². The van der Waals surface area contributed by atoms with Crippen LogP contribution in [0.2, 0.25) is 0 Å². The third-order valence-electron chi connectivity index (χ3n) is 4.18. The number of ether oxygens (including phenoxy) is 2. The maximum Gasteiger partial charge on any atom is 0.339 e. The quantitative estimate of drug-likeness (QED) is 0.328. The van der Waals surface area contributed by atoms with Crippen LogP contribution in [0.1, 0.15) is 15.9 Å². The molecule has 0 heterocycles. The Kier molecular flexibility index (Phi) is 6.88. The third-order valence-corrected chi connectivity index (χ3v) is 5.41. The van der Waals surface area contributed by atoms with Crippen molar-refractivity contribution < 1.29 is 26.9 Å². The van der Waals surface area contributed by atoms with Crippen molar-refractivity contribution in [2.24, 2.45) is 5.10 Å². The Bertz CT molecular complexity index is 1180. The molecule has 9 heteroatoms. The lowest BCUT2D eigenvalue weighted by atomic mass is 10.2. The molecule has 8 nitrogen and oxygen atoms in total. The van der Waals surface area contributed by atoms with Crippen molar-refractivity contribution in [3.8, 4) is 17.2 Å². The third kappa shape index (κ3) is 5.40. The van der Waals surface area contributed by atoms with Gasteiger partial charge in [-0.25, -0.2) is 5.43 Å². The summed E-state index contributed by atoms with van der Waals surface area (Å²) < 4.78 is 40.9. The highest BCUT2D eigenvalue weighted by Gasteiger charge is 2.21. The van der Waals surface area contributed by atoms with Crippen LogP contribution in [0.4, 0.5) is 0 Å². The van der Waals surface area contributed by atoms with Crippen LogP contribution < -0.4 is 19.1 Å². The molecule has 1 N–H and O–H groups in total. The first-order chi connectivity index (χ1) is 14.9. The van der Waals surface area contributed by atoms with Crippen LogP contribution in [0.5, 0.6) is 17.2 Å². The Hall–Kier alpha value is -3.85. The van der Waals surface area contributed by atoms with Crippen molar-refractivity contribution in [3.05, 3.63) is 83.9 Å². The van der Waals surface area contributed by atoms with Gasteiger partial charge in [0, 0.05) is 11.1 Å². The number of hydrogen-bond acceptors (Lipinski definition) is 7. The second-order valence-corrected chi connectivity index (χ2v) is 7.70. The molecule has 3 aromatic carbocycles. The van der Waals surface area contributed by atoms with Crippen LogP contribution in [-0.2, 0) is 10.1 Å². The first kappa shape index (κ1) is 21.8. The summed E-state index contributed by atoms with van der Waals surface area (Å²) in [7, 11) is -1.17. The highest BCUT2D eigenvalue weighted by molar-refractivity contribution is 7.87. The Morgan fingerprint density at radius 2 is 1.61 bits per heavy atom. The van der Waals surface area contributed by atoms with E-state index in [1.165, 1.54) is 32.6 Å². The zero-order valence-corrected chi connectivity index (χ0v) is 17.6. The summed E-state index contributed by atoms with van der Waals surface area (Å²) in [5.41, 5.74) is 3.07. The SMILES string of the molecule is COc1ccc(C(=O)N/N=C\c2cccc(OC)c2OS(=O)(=O)c2ccccc2)cc1. The highest BCUT2D eigenvalue weighted by Crippen LogP contribution is 2.32. The molecule has 0 aliphatic rings. The van der Waals surface area contributed by atoms with Gasteiger partial charge in [-0.3, -0.25) is 4.79 Å². The summed E-state index contributed by atoms with van der Waals surface area (Å²) >= 11 is 0. The molecule has 0 unspecified atom stereocenters. The van der Waals surface area contributed by atoms with E-state index in [0.717, 1.165) is 0 Å². The van der Waals surface area contributed by atoms with Crippen LogP contribution in [0.15, 0.2) is 82.8 Å². The van der Waals surface area contributed by atoms with Gasteiger partial charge in [-0.1, -0.05) is 24.3 Å². The highest BCUT2D eigenvalue weighted by atomic mass is 32.2. The number of nitrogens with one attached hydrogen (secondary N) is 1. The van der Waals surface area contributed by atoms with Crippen molar-refractivity contribution in [3.63, 3.8) is 0 Å². The van der Waals surface area contributed by atoms with Gasteiger partial charge in [0.25, 0.3) is 5.91 Å². The molecule has 0 bridgehead atoms. The molecule has 0 aromatic heterocycles. The molecule has 1 amide bonds. The predicted octanol–water partition coefficient (Wildman–Crippen LogP) is 3.24. The number of methoxy groups -OCH3 is 2. The van der Waals surface area contributed by atoms with E-state index in [1.807, 2.05) is 0 Å². The summed E-state index contributed by atoms with van der Waals surface area (Å²) in [6.07, 6.45) is 1.28. The lowest BCUT2D eigenvalue weighted by Crippen LogP contribution is -2.17. The monoisotopic (exact) mass is 440 g/mol. The van der Waals surface area contributed by atoms with Crippen molar-refractivity contribution in [2.75, 3.05) is 14.2 Å². The predicted molar refractivity (Wildman–Crippen MR) is 115 cm³/mol. The lowest BCUT2D eigenvalue weighted by molar-refractivity contribution is 0.0955. The second kappa shape index (κ2) is 9.77. The molecule has 0 aliphatic carbocycles. The summed E-state index contributed by atoms with van der Waals surface area (Å²) in [6.45, 7) is 0. The van der Waals surface area contributed by atoms with E-state index in [1.54, 1.807) is 60.7 Å². The Morgan fingerprint density at radius 3 is 2.26 bits per heavy atom. The number of hydrogen-bond donors (Lipinski definition) is 1. The number of benzene rings is 3. The number of amides is 1. The Morgan fingerprint density at radius 1 is 0.903 bits per heavy atom. The number of nitrogens with zero attached hydrogens (tertiary/aromatic N) is 1. The summed E-state index contributed by atoms with van der Waals surface area (Å²) in [6, 6.07) is 19.0. The topological polar surface area (TPSA) is 103 Å². The van der Waals surface area contributed by atoms with E-state index in [4.69, 9.17) is 13.7 Å². The average Bonchev–Trinajstić information content (AvgIpc) is 2.80. The van der Waals surface area contributed by atoms with Gasteiger partial charge in [0.05, 0.1) is 20.4 Å². The van der Waals surface area contributed by atoms with Crippen LogP contribution in [0.3, 0.4) is 0 Å². The molecular weight excluding hydrogens is 420 g/mol. The summed E-state index contributed by atoms with van der Waals surface area (Å²) in [5.74, 6) is 0.334. The van der Waals surface area contributed by atoms with Crippen molar-refractivity contribution in [2.45, 2.75) is 4.90 Å². The van der Waals surface area contributed by atoms with E-state index in [2.05, 4.69) is 10.5 Å². The maximum absolute atomic E-state index is 12.6. The minimum atomic E-state index is -4.10. The average molecular weight is 440 g/mol. The lowest BCUT2D eigenvalue weighted by Gasteiger charge is -2.13. The molecule has 0 fully saturated rings. The first-order valence-corrected chi connectivity index (χ1v) is 10.5. The van der Waals surface area contributed by atoms with Crippen molar-refractivity contribution >= 4 is 22.2 Å². The molecule has 0 spiro atoms. The minimum absolute atomic E-state index is 0.00314. The van der Waals surface area contributed by atoms with Gasteiger partial charge in [-0.05, 0) is 48.5 Å². The largest absolute Gasteiger partial charge is 0.497 e. The van der Waals surface area contributed by atoms with E-state index < -0.39 is 16.0 Å². The number of rotatable bonds is 8. The smallest absolute Gasteiger partial charge is 0.339 e. The molecule has 3 rings (SSSR count). The Labute approximate surface area is 180 Å². The fraction of sp³-hybridized carbons (Fsp3) is 0.0909. The summed E-state index contributed by atoms with van der Waals surface area (Å²) in [4.78, 5) is 12.2. The fourth-order valence-electron chi connectivity index (χ4n) is 2.60. The molecule has 0 atom stereocenters. The van der Waals surface area contributed by atoms with E-state index >= 15 is 0 Å². The minimum Gasteiger partial charge on any atom is -0.497 e. The van der Waals surface area contributed by atoms with Gasteiger partial charge in [0.2, 0.25) is 0 Å². The zero-order chi connectivity index (χ0) is 22.3. The Balaban J connectivity index is 1.82. The van der Waals surface area contributed by atoms with Gasteiger partial charge >= 0.3 is 10.1 Å². The molecule has 0 saturated heterocycles. The standard InChI is InChI=1S/C22H20N2O6S/c1-28-18-13-11-16(12-14-18)22(25)24-23-15-17-7-6-10-20(29-2)21(17)30-31(26,27)19-8-4-3-5-9-19/h3-15H,1-2H3,(H,24,25)/b23-15-. The number of hydrazone groups is 1. The number of para-hydroxylation sites is 1. The molecule has 31 heavy (non-hydrogen) atoms. The zero-order valence-electron chi connectivity index (χ0n) is 16.8. The van der Waals surface area contributed by atoms with Crippen molar-refractivity contribution in [1.29, 1.82) is 0 Å². The number of carbonyl (C=O) groups excluding carboxylic acids is 1.